The predicted molar refractivity (Wildman–Crippen MR) is 139 cm³/mol. The number of nitrogens with two attached hydrogens (primary N) is 1. The number of benzene rings is 4. The summed E-state index contributed by atoms with van der Waals surface area (Å²) in [6, 6.07) is 29.8. The van der Waals surface area contributed by atoms with Crippen LogP contribution in [-0.2, 0) is 13.0 Å². The highest BCUT2D eigenvalue weighted by molar-refractivity contribution is 6.02. The average Bonchev–Trinajstić information content (AvgIpc) is 3.21. The van der Waals surface area contributed by atoms with Crippen molar-refractivity contribution in [2.45, 2.75) is 32.8 Å². The maximum atomic E-state index is 6.15. The first-order chi connectivity index (χ1) is 16.2. The molecule has 5 rings (SSSR count). The average molecular weight is 435 g/mol. The third-order valence-electron chi connectivity index (χ3n) is 6.42. The van der Waals surface area contributed by atoms with Gasteiger partial charge >= 0.3 is 0 Å². The van der Waals surface area contributed by atoms with Crippen molar-refractivity contribution < 1.29 is 4.74 Å². The number of aryl methyl sites for hydroxylation is 2. The number of ether oxygens (including phenoxy) is 1. The lowest BCUT2D eigenvalue weighted by molar-refractivity contribution is 0.306. The van der Waals surface area contributed by atoms with Gasteiger partial charge in [-0.05, 0) is 78.4 Å². The number of H-pyrrole nitrogens is 1. The lowest BCUT2D eigenvalue weighted by atomic mass is 9.94. The first-order valence-corrected chi connectivity index (χ1v) is 11.7. The molecular formula is C30H30N2O. The summed E-state index contributed by atoms with van der Waals surface area (Å²) in [5.41, 5.74) is 13.2. The number of aromatic nitrogens is 1. The molecule has 3 nitrogen and oxygen atoms in total. The summed E-state index contributed by atoms with van der Waals surface area (Å²) < 4.78 is 6.15. The van der Waals surface area contributed by atoms with Gasteiger partial charge in [-0.2, -0.15) is 0 Å². The number of unbranched alkanes of at least 4 members (excludes halogenated alkanes) is 1. The molecule has 3 N–H and O–H groups in total. The van der Waals surface area contributed by atoms with Crippen molar-refractivity contribution in [3.05, 3.63) is 102 Å². The third-order valence-corrected chi connectivity index (χ3v) is 6.42. The maximum Gasteiger partial charge on any atom is 0.120 e. The van der Waals surface area contributed by atoms with Crippen LogP contribution in [-0.4, -0.2) is 11.5 Å². The zero-order chi connectivity index (χ0) is 22.6. The van der Waals surface area contributed by atoms with E-state index in [2.05, 4.69) is 78.6 Å². The van der Waals surface area contributed by atoms with Crippen molar-refractivity contribution in [3.8, 4) is 17.0 Å². The van der Waals surface area contributed by atoms with Crippen LogP contribution in [0.3, 0.4) is 0 Å². The second-order valence-electron chi connectivity index (χ2n) is 8.68. The zero-order valence-electron chi connectivity index (χ0n) is 19.1. The number of hydrogen-bond acceptors (Lipinski definition) is 2. The lowest BCUT2D eigenvalue weighted by Crippen LogP contribution is -1.99. The highest BCUT2D eigenvalue weighted by Crippen LogP contribution is 2.37. The van der Waals surface area contributed by atoms with E-state index in [4.69, 9.17) is 10.5 Å². The molecule has 0 spiro atoms. The summed E-state index contributed by atoms with van der Waals surface area (Å²) in [6.45, 7) is 3.46. The molecule has 1 aromatic heterocycles. The molecule has 5 aromatic rings. The SMILES string of the molecule is Cc1ccc(-c2[nH]c3ccc(OCc4ccccc4)cc3c2CCCCN)c2ccccc12. The Bertz CT molecular complexity index is 1390. The van der Waals surface area contributed by atoms with Gasteiger partial charge in [0.05, 0.1) is 5.69 Å². The largest absolute Gasteiger partial charge is 0.489 e. The van der Waals surface area contributed by atoms with Gasteiger partial charge < -0.3 is 15.5 Å². The summed E-state index contributed by atoms with van der Waals surface area (Å²) in [7, 11) is 0. The molecule has 166 valence electrons. The Kier molecular flexibility index (Phi) is 6.14. The number of aromatic amines is 1. The second kappa shape index (κ2) is 9.51. The van der Waals surface area contributed by atoms with E-state index in [1.165, 1.54) is 44.1 Å². The molecule has 0 unspecified atom stereocenters. The van der Waals surface area contributed by atoms with Gasteiger partial charge in [0.2, 0.25) is 0 Å². The van der Waals surface area contributed by atoms with Gasteiger partial charge in [0.15, 0.2) is 0 Å². The molecule has 0 aliphatic rings. The van der Waals surface area contributed by atoms with Crippen molar-refractivity contribution in [1.29, 1.82) is 0 Å². The topological polar surface area (TPSA) is 51.0 Å². The Morgan fingerprint density at radius 2 is 1.58 bits per heavy atom. The number of rotatable bonds is 8. The van der Waals surface area contributed by atoms with Crippen molar-refractivity contribution in [1.82, 2.24) is 4.98 Å². The van der Waals surface area contributed by atoms with Gasteiger partial charge in [-0.15, -0.1) is 0 Å². The molecule has 0 fully saturated rings. The molecule has 0 saturated carbocycles. The molecule has 0 bridgehead atoms. The molecule has 0 saturated heterocycles. The van der Waals surface area contributed by atoms with E-state index in [-0.39, 0.29) is 0 Å². The van der Waals surface area contributed by atoms with Crippen LogP contribution in [0.2, 0.25) is 0 Å². The molecule has 0 aliphatic heterocycles. The van der Waals surface area contributed by atoms with Gasteiger partial charge in [-0.1, -0.05) is 66.7 Å². The smallest absolute Gasteiger partial charge is 0.120 e. The fraction of sp³-hybridized carbons (Fsp3) is 0.200. The molecule has 0 radical (unpaired) electrons. The molecule has 3 heteroatoms. The molecule has 0 aliphatic carbocycles. The minimum atomic E-state index is 0.564. The van der Waals surface area contributed by atoms with Gasteiger partial charge in [0.1, 0.15) is 12.4 Å². The van der Waals surface area contributed by atoms with Crippen LogP contribution in [0, 0.1) is 6.92 Å². The molecule has 1 heterocycles. The molecule has 0 amide bonds. The monoisotopic (exact) mass is 434 g/mol. The quantitative estimate of drug-likeness (QED) is 0.255. The van der Waals surface area contributed by atoms with Crippen LogP contribution in [0.25, 0.3) is 32.9 Å². The van der Waals surface area contributed by atoms with Crippen molar-refractivity contribution in [2.75, 3.05) is 6.54 Å². The first-order valence-electron chi connectivity index (χ1n) is 11.7. The third kappa shape index (κ3) is 4.37. The fourth-order valence-corrected chi connectivity index (χ4v) is 4.66. The van der Waals surface area contributed by atoms with E-state index in [1.54, 1.807) is 0 Å². The normalized spacial score (nSPS) is 11.3. The Morgan fingerprint density at radius 3 is 2.39 bits per heavy atom. The van der Waals surface area contributed by atoms with Crippen molar-refractivity contribution >= 4 is 21.7 Å². The van der Waals surface area contributed by atoms with Crippen LogP contribution in [0.15, 0.2) is 84.9 Å². The van der Waals surface area contributed by atoms with Crippen LogP contribution in [0.1, 0.15) is 29.5 Å². The maximum absolute atomic E-state index is 6.15. The zero-order valence-corrected chi connectivity index (χ0v) is 19.1. The molecule has 4 aromatic carbocycles. The minimum Gasteiger partial charge on any atom is -0.489 e. The van der Waals surface area contributed by atoms with Gasteiger partial charge in [-0.25, -0.2) is 0 Å². The van der Waals surface area contributed by atoms with Crippen LogP contribution in [0.5, 0.6) is 5.75 Å². The Morgan fingerprint density at radius 1 is 0.788 bits per heavy atom. The number of fused-ring (bicyclic) bond motifs is 2. The van der Waals surface area contributed by atoms with Crippen molar-refractivity contribution in [2.24, 2.45) is 5.73 Å². The van der Waals surface area contributed by atoms with Crippen LogP contribution in [0.4, 0.5) is 0 Å². The second-order valence-corrected chi connectivity index (χ2v) is 8.68. The molecule has 0 atom stereocenters. The molecule has 33 heavy (non-hydrogen) atoms. The summed E-state index contributed by atoms with van der Waals surface area (Å²) in [6.07, 6.45) is 3.07. The van der Waals surface area contributed by atoms with E-state index in [0.717, 1.165) is 37.1 Å². The van der Waals surface area contributed by atoms with E-state index < -0.39 is 0 Å². The number of nitrogens with one attached hydrogen (secondary N) is 1. The van der Waals surface area contributed by atoms with Crippen LogP contribution >= 0.6 is 0 Å². The molecular weight excluding hydrogens is 404 g/mol. The highest BCUT2D eigenvalue weighted by atomic mass is 16.5. The Labute approximate surface area is 195 Å². The van der Waals surface area contributed by atoms with Crippen molar-refractivity contribution in [3.63, 3.8) is 0 Å². The van der Waals surface area contributed by atoms with Crippen LogP contribution < -0.4 is 10.5 Å². The Hall–Kier alpha value is -3.56. The van der Waals surface area contributed by atoms with E-state index in [9.17, 15) is 0 Å². The lowest BCUT2D eigenvalue weighted by Gasteiger charge is -2.11. The minimum absolute atomic E-state index is 0.564. The summed E-state index contributed by atoms with van der Waals surface area (Å²) in [5, 5.41) is 3.82. The Balaban J connectivity index is 1.58. The fourth-order valence-electron chi connectivity index (χ4n) is 4.66. The highest BCUT2D eigenvalue weighted by Gasteiger charge is 2.16. The summed E-state index contributed by atoms with van der Waals surface area (Å²) >= 11 is 0. The summed E-state index contributed by atoms with van der Waals surface area (Å²) in [5.74, 6) is 0.894. The van der Waals surface area contributed by atoms with Gasteiger partial charge in [-0.3, -0.25) is 0 Å². The van der Waals surface area contributed by atoms with E-state index in [1.807, 2.05) is 18.2 Å². The van der Waals surface area contributed by atoms with Gasteiger partial charge in [0.25, 0.3) is 0 Å². The van der Waals surface area contributed by atoms with E-state index >= 15 is 0 Å². The predicted octanol–water partition coefficient (Wildman–Crippen LogP) is 7.16. The van der Waals surface area contributed by atoms with E-state index in [0.29, 0.717) is 6.61 Å². The van der Waals surface area contributed by atoms with Gasteiger partial charge in [0, 0.05) is 16.5 Å². The summed E-state index contributed by atoms with van der Waals surface area (Å²) in [4.78, 5) is 3.73. The number of hydrogen-bond donors (Lipinski definition) is 2. The first kappa shape index (κ1) is 21.3. The standard InChI is InChI=1S/C30H30N2O/c1-21-14-16-27(25-12-6-5-11-24(21)25)30-26(13-7-8-18-31)28-19-23(15-17-29(28)32-30)33-20-22-9-3-2-4-10-22/h2-6,9-12,14-17,19,32H,7-8,13,18,20,31H2,1H3.